The van der Waals surface area contributed by atoms with E-state index in [1.807, 2.05) is 11.3 Å². The van der Waals surface area contributed by atoms with Gasteiger partial charge in [-0.2, -0.15) is 0 Å². The quantitative estimate of drug-likeness (QED) is 0.878. The van der Waals surface area contributed by atoms with Gasteiger partial charge >= 0.3 is 0 Å². The third kappa shape index (κ3) is 3.39. The van der Waals surface area contributed by atoms with E-state index in [0.717, 1.165) is 6.54 Å². The molecular formula is C16H28N2S. The van der Waals surface area contributed by atoms with Crippen LogP contribution in [0.5, 0.6) is 0 Å². The molecule has 1 N–H and O–H groups in total. The highest BCUT2D eigenvalue weighted by Gasteiger charge is 2.34. The number of likely N-dealkylation sites (N-methyl/N-ethyl adjacent to an activating group) is 1. The van der Waals surface area contributed by atoms with Crippen molar-refractivity contribution in [2.45, 2.75) is 57.5 Å². The van der Waals surface area contributed by atoms with E-state index in [1.54, 1.807) is 0 Å². The Morgan fingerprint density at radius 3 is 2.53 bits per heavy atom. The number of thiophene rings is 1. The highest BCUT2D eigenvalue weighted by atomic mass is 32.1. The molecule has 2 nitrogen and oxygen atoms in total. The maximum absolute atomic E-state index is 3.79. The smallest absolute Gasteiger partial charge is 0.0389 e. The number of hydrogen-bond acceptors (Lipinski definition) is 3. The van der Waals surface area contributed by atoms with Crippen LogP contribution >= 0.6 is 11.3 Å². The summed E-state index contributed by atoms with van der Waals surface area (Å²) < 4.78 is 0. The number of rotatable bonds is 5. The molecule has 0 amide bonds. The Bertz CT molecular complexity index is 391. The summed E-state index contributed by atoms with van der Waals surface area (Å²) in [4.78, 5) is 3.94. The molecule has 1 aromatic rings. The molecule has 1 unspecified atom stereocenters. The molecule has 0 spiro atoms. The van der Waals surface area contributed by atoms with E-state index in [-0.39, 0.29) is 0 Å². The third-order valence-corrected chi connectivity index (χ3v) is 5.97. The van der Waals surface area contributed by atoms with Crippen molar-refractivity contribution in [3.05, 3.63) is 21.9 Å². The molecule has 1 aliphatic rings. The molecule has 3 heteroatoms. The molecular weight excluding hydrogens is 252 g/mol. The second-order valence-corrected chi connectivity index (χ2v) is 7.20. The molecule has 0 radical (unpaired) electrons. The van der Waals surface area contributed by atoms with Crippen molar-refractivity contribution in [3.8, 4) is 0 Å². The van der Waals surface area contributed by atoms with E-state index >= 15 is 0 Å². The van der Waals surface area contributed by atoms with Crippen LogP contribution in [0.25, 0.3) is 0 Å². The molecule has 1 heterocycles. The average molecular weight is 280 g/mol. The van der Waals surface area contributed by atoms with Crippen molar-refractivity contribution < 1.29 is 0 Å². The van der Waals surface area contributed by atoms with Crippen molar-refractivity contribution >= 4 is 11.3 Å². The maximum Gasteiger partial charge on any atom is 0.0389 e. The fourth-order valence-electron chi connectivity index (χ4n) is 3.26. The van der Waals surface area contributed by atoms with Gasteiger partial charge in [0, 0.05) is 23.0 Å². The van der Waals surface area contributed by atoms with Crippen molar-refractivity contribution in [2.75, 3.05) is 20.6 Å². The predicted molar refractivity (Wildman–Crippen MR) is 85.0 cm³/mol. The highest BCUT2D eigenvalue weighted by Crippen LogP contribution is 2.32. The van der Waals surface area contributed by atoms with Crippen LogP contribution in [0.4, 0.5) is 0 Å². The van der Waals surface area contributed by atoms with Gasteiger partial charge in [-0.25, -0.2) is 0 Å². The number of hydrogen-bond donors (Lipinski definition) is 1. The minimum atomic E-state index is 0.373. The summed E-state index contributed by atoms with van der Waals surface area (Å²) in [7, 11) is 4.49. The van der Waals surface area contributed by atoms with Gasteiger partial charge in [-0.3, -0.25) is 0 Å². The monoisotopic (exact) mass is 280 g/mol. The molecule has 0 aliphatic heterocycles. The third-order valence-electron chi connectivity index (χ3n) is 4.77. The zero-order chi connectivity index (χ0) is 13.9. The van der Waals surface area contributed by atoms with Crippen LogP contribution in [-0.4, -0.2) is 31.1 Å². The standard InChI is InChI=1S/C16H28N2S/c1-13-8-11-19-15(13)14(2)17-12-16(18(3)4)9-6-5-7-10-16/h8,11,14,17H,5-7,9-10,12H2,1-4H3. The molecule has 0 aromatic carbocycles. The summed E-state index contributed by atoms with van der Waals surface area (Å²) in [5.74, 6) is 0. The van der Waals surface area contributed by atoms with Crippen LogP contribution in [0, 0.1) is 6.92 Å². The largest absolute Gasteiger partial charge is 0.308 e. The molecule has 1 aromatic heterocycles. The van der Waals surface area contributed by atoms with Gasteiger partial charge in [0.1, 0.15) is 0 Å². The minimum Gasteiger partial charge on any atom is -0.308 e. The van der Waals surface area contributed by atoms with Gasteiger partial charge in [0.2, 0.25) is 0 Å². The number of aryl methyl sites for hydroxylation is 1. The normalized spacial score (nSPS) is 20.7. The number of nitrogens with zero attached hydrogens (tertiary/aromatic N) is 1. The Balaban J connectivity index is 1.97. The molecule has 0 saturated heterocycles. The first-order valence-corrected chi connectivity index (χ1v) is 8.38. The first-order chi connectivity index (χ1) is 9.05. The molecule has 1 fully saturated rings. The van der Waals surface area contributed by atoms with Gasteiger partial charge in [-0.05, 0) is 57.8 Å². The average Bonchev–Trinajstić information content (AvgIpc) is 2.83. The van der Waals surface area contributed by atoms with Crippen LogP contribution in [0.2, 0.25) is 0 Å². The topological polar surface area (TPSA) is 15.3 Å². The molecule has 1 saturated carbocycles. The Labute approximate surface area is 122 Å². The van der Waals surface area contributed by atoms with E-state index in [2.05, 4.69) is 49.6 Å². The van der Waals surface area contributed by atoms with E-state index in [9.17, 15) is 0 Å². The van der Waals surface area contributed by atoms with Gasteiger partial charge in [0.25, 0.3) is 0 Å². The highest BCUT2D eigenvalue weighted by molar-refractivity contribution is 7.10. The summed E-state index contributed by atoms with van der Waals surface area (Å²) in [6, 6.07) is 2.69. The van der Waals surface area contributed by atoms with Crippen molar-refractivity contribution in [3.63, 3.8) is 0 Å². The zero-order valence-electron chi connectivity index (χ0n) is 12.8. The van der Waals surface area contributed by atoms with Gasteiger partial charge in [0.05, 0.1) is 0 Å². The SMILES string of the molecule is Cc1ccsc1C(C)NCC1(N(C)C)CCCCC1. The lowest BCUT2D eigenvalue weighted by atomic mass is 9.80. The first kappa shape index (κ1) is 15.0. The fraction of sp³-hybridized carbons (Fsp3) is 0.750. The van der Waals surface area contributed by atoms with Gasteiger partial charge in [0.15, 0.2) is 0 Å². The van der Waals surface area contributed by atoms with Gasteiger partial charge < -0.3 is 10.2 Å². The Morgan fingerprint density at radius 1 is 1.32 bits per heavy atom. The second-order valence-electron chi connectivity index (χ2n) is 6.25. The lowest BCUT2D eigenvalue weighted by Gasteiger charge is -2.44. The second kappa shape index (κ2) is 6.38. The van der Waals surface area contributed by atoms with Crippen LogP contribution in [0.15, 0.2) is 11.4 Å². The minimum absolute atomic E-state index is 0.373. The van der Waals surface area contributed by atoms with E-state index in [4.69, 9.17) is 0 Å². The van der Waals surface area contributed by atoms with Crippen LogP contribution in [-0.2, 0) is 0 Å². The van der Waals surface area contributed by atoms with Crippen LogP contribution < -0.4 is 5.32 Å². The molecule has 108 valence electrons. The van der Waals surface area contributed by atoms with Gasteiger partial charge in [-0.1, -0.05) is 19.3 Å². The summed E-state index contributed by atoms with van der Waals surface area (Å²) in [5.41, 5.74) is 1.80. The van der Waals surface area contributed by atoms with E-state index < -0.39 is 0 Å². The van der Waals surface area contributed by atoms with Gasteiger partial charge in [-0.15, -0.1) is 11.3 Å². The summed E-state index contributed by atoms with van der Waals surface area (Å²) >= 11 is 1.88. The molecule has 19 heavy (non-hydrogen) atoms. The van der Waals surface area contributed by atoms with E-state index in [0.29, 0.717) is 11.6 Å². The number of nitrogens with one attached hydrogen (secondary N) is 1. The van der Waals surface area contributed by atoms with Crippen molar-refractivity contribution in [1.29, 1.82) is 0 Å². The Kier molecular flexibility index (Phi) is 5.04. The van der Waals surface area contributed by atoms with Crippen LogP contribution in [0.3, 0.4) is 0 Å². The molecule has 1 aliphatic carbocycles. The van der Waals surface area contributed by atoms with Crippen molar-refractivity contribution in [2.24, 2.45) is 0 Å². The molecule has 2 rings (SSSR count). The maximum atomic E-state index is 3.79. The first-order valence-electron chi connectivity index (χ1n) is 7.50. The molecule has 1 atom stereocenters. The zero-order valence-corrected chi connectivity index (χ0v) is 13.6. The predicted octanol–water partition coefficient (Wildman–Crippen LogP) is 3.97. The summed E-state index contributed by atoms with van der Waals surface area (Å²) in [6.45, 7) is 5.62. The van der Waals surface area contributed by atoms with Crippen LogP contribution in [0.1, 0.15) is 55.5 Å². The summed E-state index contributed by atoms with van der Waals surface area (Å²) in [6.07, 6.45) is 6.85. The molecule has 0 bridgehead atoms. The van der Waals surface area contributed by atoms with E-state index in [1.165, 1.54) is 42.5 Å². The summed E-state index contributed by atoms with van der Waals surface area (Å²) in [5, 5.41) is 5.99. The Hall–Kier alpha value is -0.380. The fourth-order valence-corrected chi connectivity index (χ4v) is 4.22. The lowest BCUT2D eigenvalue weighted by molar-refractivity contribution is 0.0959. The Morgan fingerprint density at radius 2 is 2.00 bits per heavy atom. The lowest BCUT2D eigenvalue weighted by Crippen LogP contribution is -2.53. The van der Waals surface area contributed by atoms with Crippen molar-refractivity contribution in [1.82, 2.24) is 10.2 Å².